The van der Waals surface area contributed by atoms with Gasteiger partial charge in [0.15, 0.2) is 0 Å². The number of rotatable bonds is 3. The third kappa shape index (κ3) is 2.66. The molecule has 0 aliphatic carbocycles. The summed E-state index contributed by atoms with van der Waals surface area (Å²) in [6.07, 6.45) is 0.352. The molecule has 0 saturated carbocycles. The smallest absolute Gasteiger partial charge is 0.244 e. The van der Waals surface area contributed by atoms with Crippen LogP contribution >= 0.6 is 11.3 Å². The van der Waals surface area contributed by atoms with Crippen molar-refractivity contribution in [3.63, 3.8) is 0 Å². The van der Waals surface area contributed by atoms with Crippen LogP contribution < -0.4 is 0 Å². The molecule has 27 heavy (non-hydrogen) atoms. The third-order valence-corrected chi connectivity index (χ3v) is 6.21. The van der Waals surface area contributed by atoms with Crippen molar-refractivity contribution in [2.75, 3.05) is 7.05 Å². The largest absolute Gasteiger partial charge is 0.303 e. The minimum Gasteiger partial charge on any atom is -0.303 e. The summed E-state index contributed by atoms with van der Waals surface area (Å²) in [6.45, 7) is 0. The van der Waals surface area contributed by atoms with E-state index in [1.807, 2.05) is 60.0 Å². The minimum absolute atomic E-state index is 0.0714. The molecule has 4 nitrogen and oxygen atoms in total. The lowest BCUT2D eigenvalue weighted by molar-refractivity contribution is -0.128. The second-order valence-corrected chi connectivity index (χ2v) is 7.56. The maximum atomic E-state index is 13.2. The summed E-state index contributed by atoms with van der Waals surface area (Å²) in [5, 5.41) is 19.4. The van der Waals surface area contributed by atoms with Gasteiger partial charge < -0.3 is 4.90 Å². The Hall–Kier alpha value is -3.23. The number of likely N-dealkylation sites (tertiary alicyclic amines) is 1. The topological polar surface area (TPSA) is 68.0 Å². The Labute approximate surface area is 161 Å². The Morgan fingerprint density at radius 2 is 1.89 bits per heavy atom. The maximum Gasteiger partial charge on any atom is 0.244 e. The van der Waals surface area contributed by atoms with Crippen LogP contribution in [0.5, 0.6) is 0 Å². The van der Waals surface area contributed by atoms with Gasteiger partial charge in [-0.15, -0.1) is 11.3 Å². The molecule has 5 heteroatoms. The highest BCUT2D eigenvalue weighted by atomic mass is 32.1. The van der Waals surface area contributed by atoms with Crippen molar-refractivity contribution in [2.45, 2.75) is 11.8 Å². The van der Waals surface area contributed by atoms with Crippen LogP contribution in [0.2, 0.25) is 0 Å². The predicted molar refractivity (Wildman–Crippen MR) is 107 cm³/mol. The first-order valence-corrected chi connectivity index (χ1v) is 9.45. The number of carbonyl (C=O) groups excluding carboxylic acids is 1. The van der Waals surface area contributed by atoms with Crippen LogP contribution in [0, 0.1) is 16.7 Å². The first-order valence-electron chi connectivity index (χ1n) is 8.57. The molecule has 1 aliphatic rings. The van der Waals surface area contributed by atoms with Gasteiger partial charge in [0, 0.05) is 18.3 Å². The number of carbonyl (C=O) groups is 1. The number of hydrogen-bond acceptors (Lipinski definition) is 4. The predicted octanol–water partition coefficient (Wildman–Crippen LogP) is 4.41. The molecule has 1 aliphatic heterocycles. The number of benzene rings is 2. The monoisotopic (exact) mass is 371 g/mol. The molecule has 4 rings (SSSR count). The minimum atomic E-state index is -0.858. The van der Waals surface area contributed by atoms with Crippen LogP contribution in [0.4, 0.5) is 0 Å². The third-order valence-electron chi connectivity index (χ3n) is 5.12. The van der Waals surface area contributed by atoms with Gasteiger partial charge in [0.05, 0.1) is 11.6 Å². The molecule has 1 unspecified atom stereocenters. The molecule has 1 fully saturated rings. The summed E-state index contributed by atoms with van der Waals surface area (Å²) in [4.78, 5) is 15.6. The molecule has 132 valence electrons. The van der Waals surface area contributed by atoms with Crippen LogP contribution in [0.1, 0.15) is 22.4 Å². The summed E-state index contributed by atoms with van der Waals surface area (Å²) in [5.74, 6) is 0.253. The molecule has 0 spiro atoms. The fourth-order valence-electron chi connectivity index (χ4n) is 3.62. The summed E-state index contributed by atoms with van der Waals surface area (Å²) < 4.78 is 0. The van der Waals surface area contributed by atoms with Gasteiger partial charge >= 0.3 is 0 Å². The van der Waals surface area contributed by atoms with Gasteiger partial charge in [-0.2, -0.15) is 5.26 Å². The molecule has 2 aromatic carbocycles. The fourth-order valence-corrected chi connectivity index (χ4v) is 4.75. The molecule has 1 saturated heterocycles. The maximum absolute atomic E-state index is 13.2. The molecule has 0 bridgehead atoms. The average molecular weight is 371 g/mol. The Bertz CT molecular complexity index is 1080. The van der Waals surface area contributed by atoms with Gasteiger partial charge in [0.25, 0.3) is 0 Å². The Morgan fingerprint density at radius 3 is 2.56 bits per heavy atom. The summed E-state index contributed by atoms with van der Waals surface area (Å²) in [7, 11) is 1.67. The van der Waals surface area contributed by atoms with Crippen LogP contribution in [0.15, 0.2) is 66.0 Å². The van der Waals surface area contributed by atoms with Crippen molar-refractivity contribution in [2.24, 2.45) is 0 Å². The normalized spacial score (nSPS) is 19.3. The Kier molecular flexibility index (Phi) is 4.14. The molecule has 1 N–H and O–H groups in total. The van der Waals surface area contributed by atoms with Crippen molar-refractivity contribution in [3.8, 4) is 17.2 Å². The van der Waals surface area contributed by atoms with Crippen molar-refractivity contribution >= 4 is 23.1 Å². The second kappa shape index (κ2) is 6.49. The average Bonchev–Trinajstić information content (AvgIpc) is 3.29. The molecule has 1 atom stereocenters. The van der Waals surface area contributed by atoms with E-state index in [4.69, 9.17) is 10.7 Å². The van der Waals surface area contributed by atoms with E-state index in [-0.39, 0.29) is 5.91 Å². The van der Waals surface area contributed by atoms with E-state index in [0.29, 0.717) is 17.8 Å². The second-order valence-electron chi connectivity index (χ2n) is 6.65. The first-order chi connectivity index (χ1) is 13.1. The Balaban J connectivity index is 1.86. The Morgan fingerprint density at radius 1 is 1.11 bits per heavy atom. The number of amides is 1. The highest BCUT2D eigenvalue weighted by Gasteiger charge is 2.51. The van der Waals surface area contributed by atoms with E-state index < -0.39 is 5.41 Å². The zero-order valence-corrected chi connectivity index (χ0v) is 15.6. The highest BCUT2D eigenvalue weighted by molar-refractivity contribution is 7.10. The van der Waals surface area contributed by atoms with Crippen LogP contribution in [-0.4, -0.2) is 23.7 Å². The lowest BCUT2D eigenvalue weighted by atomic mass is 9.77. The van der Waals surface area contributed by atoms with Crippen LogP contribution in [-0.2, 0) is 10.2 Å². The van der Waals surface area contributed by atoms with Crippen molar-refractivity contribution in [3.05, 3.63) is 82.0 Å². The van der Waals surface area contributed by atoms with Gasteiger partial charge in [-0.1, -0.05) is 42.5 Å². The standard InChI is InChI=1S/C22H17N3OS/c1-25-20(24)12-22(21(25)26,18-8-3-2-4-9-18)19-11-17(14-27-19)16-7-5-6-15(10-16)13-23/h2-11,14,24H,12H2,1H3. The van der Waals surface area contributed by atoms with E-state index in [1.165, 1.54) is 16.2 Å². The number of likely N-dealkylation sites (N-methyl/N-ethyl adjacent to an activating group) is 1. The molecule has 3 aromatic rings. The SMILES string of the molecule is CN1C(=N)CC(c2ccccc2)(c2cc(-c3cccc(C#N)c3)cs2)C1=O. The van der Waals surface area contributed by atoms with Crippen molar-refractivity contribution in [1.29, 1.82) is 10.7 Å². The zero-order valence-electron chi connectivity index (χ0n) is 14.8. The molecule has 2 heterocycles. The van der Waals surface area contributed by atoms with Gasteiger partial charge in [-0.3, -0.25) is 10.2 Å². The molecule has 1 amide bonds. The number of amidine groups is 1. The van der Waals surface area contributed by atoms with Crippen LogP contribution in [0.3, 0.4) is 0 Å². The number of nitriles is 1. The summed E-state index contributed by atoms with van der Waals surface area (Å²) in [5.41, 5.74) is 2.59. The van der Waals surface area contributed by atoms with Crippen molar-refractivity contribution in [1.82, 2.24) is 4.90 Å². The summed E-state index contributed by atoms with van der Waals surface area (Å²) >= 11 is 1.53. The molecule has 1 aromatic heterocycles. The van der Waals surface area contributed by atoms with E-state index >= 15 is 0 Å². The van der Waals surface area contributed by atoms with Gasteiger partial charge in [-0.25, -0.2) is 0 Å². The van der Waals surface area contributed by atoms with Gasteiger partial charge in [0.1, 0.15) is 11.3 Å². The lowest BCUT2D eigenvalue weighted by Gasteiger charge is -2.26. The number of hydrogen-bond donors (Lipinski definition) is 1. The first kappa shape index (κ1) is 17.2. The van der Waals surface area contributed by atoms with E-state index in [9.17, 15) is 4.79 Å². The zero-order chi connectivity index (χ0) is 19.0. The molecular weight excluding hydrogens is 354 g/mol. The molecular formula is C22H17N3OS. The number of nitrogens with zero attached hydrogens (tertiary/aromatic N) is 2. The molecule has 0 radical (unpaired) electrons. The van der Waals surface area contributed by atoms with Crippen LogP contribution in [0.25, 0.3) is 11.1 Å². The number of nitrogens with one attached hydrogen (secondary N) is 1. The fraction of sp³-hybridized carbons (Fsp3) is 0.136. The van der Waals surface area contributed by atoms with E-state index in [0.717, 1.165) is 21.6 Å². The van der Waals surface area contributed by atoms with E-state index in [1.54, 1.807) is 13.1 Å². The lowest BCUT2D eigenvalue weighted by Crippen LogP contribution is -2.37. The van der Waals surface area contributed by atoms with Gasteiger partial charge in [-0.05, 0) is 40.3 Å². The number of thiophene rings is 1. The summed E-state index contributed by atoms with van der Waals surface area (Å²) in [6, 6.07) is 21.4. The van der Waals surface area contributed by atoms with E-state index in [2.05, 4.69) is 6.07 Å². The highest BCUT2D eigenvalue weighted by Crippen LogP contribution is 2.45. The van der Waals surface area contributed by atoms with Crippen molar-refractivity contribution < 1.29 is 4.79 Å². The van der Waals surface area contributed by atoms with Gasteiger partial charge in [0.2, 0.25) is 5.91 Å². The quantitative estimate of drug-likeness (QED) is 0.741.